The van der Waals surface area contributed by atoms with Crippen LogP contribution in [-0.2, 0) is 20.7 Å². The Kier molecular flexibility index (Phi) is 10.5. The van der Waals surface area contributed by atoms with Crippen molar-refractivity contribution < 1.29 is 24.2 Å². The van der Waals surface area contributed by atoms with Gasteiger partial charge in [0, 0.05) is 18.0 Å². The molecule has 4 N–H and O–H groups in total. The third-order valence-electron chi connectivity index (χ3n) is 3.42. The highest BCUT2D eigenvalue weighted by Crippen LogP contribution is 2.13. The Morgan fingerprint density at radius 1 is 1.28 bits per heavy atom. The van der Waals surface area contributed by atoms with E-state index in [0.717, 1.165) is 5.56 Å². The second-order valence-electron chi connectivity index (χ2n) is 5.30. The summed E-state index contributed by atoms with van der Waals surface area (Å²) < 4.78 is 9.84. The number of benzene rings is 1. The zero-order chi connectivity index (χ0) is 18.1. The zero-order valence-electron chi connectivity index (χ0n) is 14.5. The molecule has 0 radical (unpaired) electrons. The van der Waals surface area contributed by atoms with Gasteiger partial charge in [0.2, 0.25) is 5.91 Å². The lowest BCUT2D eigenvalue weighted by molar-refractivity contribution is -0.144. The van der Waals surface area contributed by atoms with E-state index in [-0.39, 0.29) is 25.4 Å². The largest absolute Gasteiger partial charge is 0.497 e. The normalized spacial score (nSPS) is 13.2. The SMILES string of the molecule is COC(=O)[C@H](Cc1ccc(OC)cc1)NC(=O)/C(C)=C/[C@H](N)CO.Cl. The Morgan fingerprint density at radius 3 is 2.36 bits per heavy atom. The number of nitrogens with two attached hydrogens (primary N) is 1. The van der Waals surface area contributed by atoms with Crippen LogP contribution in [0.15, 0.2) is 35.9 Å². The molecule has 2 atom stereocenters. The van der Waals surface area contributed by atoms with Crippen molar-refractivity contribution in [3.63, 3.8) is 0 Å². The molecule has 1 aromatic rings. The van der Waals surface area contributed by atoms with Gasteiger partial charge in [0.25, 0.3) is 0 Å². The third-order valence-corrected chi connectivity index (χ3v) is 3.42. The maximum atomic E-state index is 12.2. The lowest BCUT2D eigenvalue weighted by Crippen LogP contribution is -2.43. The molecule has 0 aromatic heterocycles. The number of aliphatic hydroxyl groups excluding tert-OH is 1. The third kappa shape index (κ3) is 7.55. The number of nitrogens with one attached hydrogen (secondary N) is 1. The van der Waals surface area contributed by atoms with Gasteiger partial charge in [-0.2, -0.15) is 0 Å². The van der Waals surface area contributed by atoms with Crippen LogP contribution in [0.25, 0.3) is 0 Å². The Balaban J connectivity index is 0.00000576. The number of aliphatic hydroxyl groups is 1. The van der Waals surface area contributed by atoms with Crippen LogP contribution in [0.4, 0.5) is 0 Å². The Labute approximate surface area is 153 Å². The van der Waals surface area contributed by atoms with Crippen molar-refractivity contribution in [2.75, 3.05) is 20.8 Å². The molecule has 1 rings (SSSR count). The van der Waals surface area contributed by atoms with Gasteiger partial charge in [0.15, 0.2) is 0 Å². The second kappa shape index (κ2) is 11.5. The molecule has 8 heteroatoms. The van der Waals surface area contributed by atoms with Crippen molar-refractivity contribution in [2.45, 2.75) is 25.4 Å². The topological polar surface area (TPSA) is 111 Å². The molecule has 1 aromatic carbocycles. The van der Waals surface area contributed by atoms with Gasteiger partial charge in [-0.15, -0.1) is 12.4 Å². The second-order valence-corrected chi connectivity index (χ2v) is 5.30. The molecule has 0 aliphatic heterocycles. The summed E-state index contributed by atoms with van der Waals surface area (Å²) in [5, 5.41) is 11.5. The molecule has 0 saturated heterocycles. The molecule has 0 heterocycles. The number of ether oxygens (including phenoxy) is 2. The highest BCUT2D eigenvalue weighted by atomic mass is 35.5. The van der Waals surface area contributed by atoms with Crippen molar-refractivity contribution in [2.24, 2.45) is 5.73 Å². The fourth-order valence-electron chi connectivity index (χ4n) is 2.05. The summed E-state index contributed by atoms with van der Waals surface area (Å²) in [4.78, 5) is 24.1. The van der Waals surface area contributed by atoms with E-state index in [2.05, 4.69) is 5.32 Å². The van der Waals surface area contributed by atoms with Crippen molar-refractivity contribution in [3.05, 3.63) is 41.5 Å². The lowest BCUT2D eigenvalue weighted by Gasteiger charge is -2.17. The molecular formula is C17H25ClN2O5. The van der Waals surface area contributed by atoms with Gasteiger partial charge in [0.1, 0.15) is 11.8 Å². The molecule has 0 fully saturated rings. The van der Waals surface area contributed by atoms with Crippen LogP contribution in [0.2, 0.25) is 0 Å². The number of halogens is 1. The average Bonchev–Trinajstić information content (AvgIpc) is 2.60. The Hall–Kier alpha value is -2.09. The van der Waals surface area contributed by atoms with E-state index in [1.165, 1.54) is 13.2 Å². The monoisotopic (exact) mass is 372 g/mol. The van der Waals surface area contributed by atoms with Crippen molar-refractivity contribution in [3.8, 4) is 5.75 Å². The van der Waals surface area contributed by atoms with E-state index in [1.807, 2.05) is 12.1 Å². The fraction of sp³-hybridized carbons (Fsp3) is 0.412. The van der Waals surface area contributed by atoms with E-state index in [0.29, 0.717) is 11.3 Å². The Morgan fingerprint density at radius 2 is 1.88 bits per heavy atom. The van der Waals surface area contributed by atoms with E-state index in [1.54, 1.807) is 26.2 Å². The molecule has 1 amide bonds. The zero-order valence-corrected chi connectivity index (χ0v) is 15.3. The molecule has 140 valence electrons. The summed E-state index contributed by atoms with van der Waals surface area (Å²) in [7, 11) is 2.83. The molecule has 0 aliphatic rings. The quantitative estimate of drug-likeness (QED) is 0.455. The highest BCUT2D eigenvalue weighted by molar-refractivity contribution is 5.95. The van der Waals surface area contributed by atoms with Crippen LogP contribution in [-0.4, -0.2) is 49.9 Å². The summed E-state index contributed by atoms with van der Waals surface area (Å²) in [6.45, 7) is 1.30. The molecule has 0 unspecified atom stereocenters. The minimum absolute atomic E-state index is 0. The lowest BCUT2D eigenvalue weighted by atomic mass is 10.0. The minimum atomic E-state index is -0.829. The smallest absolute Gasteiger partial charge is 0.328 e. The molecular weight excluding hydrogens is 348 g/mol. The van der Waals surface area contributed by atoms with Crippen LogP contribution < -0.4 is 15.8 Å². The van der Waals surface area contributed by atoms with Gasteiger partial charge in [0.05, 0.1) is 20.8 Å². The first kappa shape index (κ1) is 22.9. The summed E-state index contributed by atoms with van der Waals surface area (Å²) in [6, 6.07) is 5.71. The summed E-state index contributed by atoms with van der Waals surface area (Å²) in [6.07, 6.45) is 1.72. The number of carbonyl (C=O) groups excluding carboxylic acids is 2. The predicted molar refractivity (Wildman–Crippen MR) is 96.7 cm³/mol. The maximum Gasteiger partial charge on any atom is 0.328 e. The summed E-state index contributed by atoms with van der Waals surface area (Å²) in [5.41, 5.74) is 6.74. The van der Waals surface area contributed by atoms with E-state index >= 15 is 0 Å². The van der Waals surface area contributed by atoms with Gasteiger partial charge >= 0.3 is 5.97 Å². The van der Waals surface area contributed by atoms with Gasteiger partial charge in [-0.05, 0) is 24.6 Å². The predicted octanol–water partition coefficient (Wildman–Crippen LogP) is 0.583. The molecule has 25 heavy (non-hydrogen) atoms. The first-order chi connectivity index (χ1) is 11.4. The molecule has 0 aliphatic carbocycles. The summed E-state index contributed by atoms with van der Waals surface area (Å²) in [5.74, 6) is -0.282. The average molecular weight is 373 g/mol. The van der Waals surface area contributed by atoms with Crippen molar-refractivity contribution in [1.82, 2.24) is 5.32 Å². The van der Waals surface area contributed by atoms with Crippen LogP contribution in [0.1, 0.15) is 12.5 Å². The van der Waals surface area contributed by atoms with Gasteiger partial charge < -0.3 is 25.6 Å². The number of amides is 1. The van der Waals surface area contributed by atoms with E-state index in [4.69, 9.17) is 20.3 Å². The van der Waals surface area contributed by atoms with Crippen LogP contribution >= 0.6 is 12.4 Å². The number of hydrogen-bond acceptors (Lipinski definition) is 6. The maximum absolute atomic E-state index is 12.2. The number of carbonyl (C=O) groups is 2. The first-order valence-electron chi connectivity index (χ1n) is 7.47. The fourth-order valence-corrected chi connectivity index (χ4v) is 2.05. The number of methoxy groups -OCH3 is 2. The first-order valence-corrected chi connectivity index (χ1v) is 7.47. The Bertz CT molecular complexity index is 589. The van der Waals surface area contributed by atoms with E-state index in [9.17, 15) is 9.59 Å². The van der Waals surface area contributed by atoms with Crippen LogP contribution in [0.3, 0.4) is 0 Å². The van der Waals surface area contributed by atoms with Crippen molar-refractivity contribution in [1.29, 1.82) is 0 Å². The van der Waals surface area contributed by atoms with Gasteiger partial charge in [-0.3, -0.25) is 4.79 Å². The minimum Gasteiger partial charge on any atom is -0.497 e. The standard InChI is InChI=1S/C17H24N2O5.ClH/c1-11(8-13(18)10-20)16(21)19-15(17(22)24-3)9-12-4-6-14(23-2)7-5-12;/h4-8,13,15,20H,9-10,18H2,1-3H3,(H,19,21);1H/b11-8+;/t13-,15-;/m0./s1. The molecule has 7 nitrogen and oxygen atoms in total. The molecule has 0 saturated carbocycles. The highest BCUT2D eigenvalue weighted by Gasteiger charge is 2.22. The van der Waals surface area contributed by atoms with Gasteiger partial charge in [-0.1, -0.05) is 18.2 Å². The molecule has 0 spiro atoms. The van der Waals surface area contributed by atoms with Gasteiger partial charge in [-0.25, -0.2) is 4.79 Å². The van der Waals surface area contributed by atoms with Crippen LogP contribution in [0, 0.1) is 0 Å². The number of esters is 1. The molecule has 0 bridgehead atoms. The number of hydrogen-bond donors (Lipinski definition) is 3. The van der Waals surface area contributed by atoms with Crippen molar-refractivity contribution >= 4 is 24.3 Å². The van der Waals surface area contributed by atoms with E-state index < -0.39 is 24.0 Å². The summed E-state index contributed by atoms with van der Waals surface area (Å²) >= 11 is 0. The number of rotatable bonds is 8. The van der Waals surface area contributed by atoms with Crippen LogP contribution in [0.5, 0.6) is 5.75 Å².